The van der Waals surface area contributed by atoms with Gasteiger partial charge in [0.25, 0.3) is 0 Å². The highest BCUT2D eigenvalue weighted by atomic mass is 32.1. The van der Waals surface area contributed by atoms with Gasteiger partial charge in [0, 0.05) is 11.9 Å². The molecule has 0 saturated carbocycles. The molecule has 0 spiro atoms. The summed E-state index contributed by atoms with van der Waals surface area (Å²) in [6.45, 7) is 0. The number of hydrogen-bond donors (Lipinski definition) is 1. The predicted octanol–water partition coefficient (Wildman–Crippen LogP) is -0.191. The third-order valence-electron chi connectivity index (χ3n) is 2.66. The van der Waals surface area contributed by atoms with Crippen molar-refractivity contribution in [3.8, 4) is 0 Å². The minimum Gasteiger partial charge on any atom is -0.550 e. The first-order valence-electron chi connectivity index (χ1n) is 5.11. The van der Waals surface area contributed by atoms with Crippen LogP contribution in [-0.2, 0) is 9.59 Å². The quantitative estimate of drug-likeness (QED) is 0.752. The van der Waals surface area contributed by atoms with E-state index < -0.39 is 17.8 Å². The zero-order valence-corrected chi connectivity index (χ0v) is 9.64. The smallest absolute Gasteiger partial charge is 0.230 e. The van der Waals surface area contributed by atoms with Gasteiger partial charge in [0.2, 0.25) is 11.0 Å². The number of carboxylic acids is 1. The van der Waals surface area contributed by atoms with E-state index in [1.54, 1.807) is 6.08 Å². The Balaban J connectivity index is 2.07. The summed E-state index contributed by atoms with van der Waals surface area (Å²) in [4.78, 5) is 22.8. The molecule has 1 aliphatic carbocycles. The number of anilines is 1. The fraction of sp³-hybridized carbons (Fsp3) is 0.400. The molecule has 1 heterocycles. The summed E-state index contributed by atoms with van der Waals surface area (Å²) in [7, 11) is 0. The number of carbonyl (C=O) groups is 2. The molecule has 17 heavy (non-hydrogen) atoms. The largest absolute Gasteiger partial charge is 0.550 e. The number of nitrogens with one attached hydrogen (secondary N) is 1. The Bertz CT molecular complexity index is 444. The first-order valence-corrected chi connectivity index (χ1v) is 5.99. The Morgan fingerprint density at radius 1 is 1.35 bits per heavy atom. The minimum absolute atomic E-state index is 0.330. The van der Waals surface area contributed by atoms with Crippen molar-refractivity contribution in [2.24, 2.45) is 11.8 Å². The third-order valence-corrected chi connectivity index (χ3v) is 3.27. The van der Waals surface area contributed by atoms with E-state index in [2.05, 4.69) is 15.5 Å². The normalized spacial score (nSPS) is 23.3. The molecule has 0 radical (unpaired) electrons. The zero-order valence-electron chi connectivity index (χ0n) is 8.83. The van der Waals surface area contributed by atoms with Crippen molar-refractivity contribution in [3.63, 3.8) is 0 Å². The Labute approximate surface area is 101 Å². The monoisotopic (exact) mass is 252 g/mol. The summed E-state index contributed by atoms with van der Waals surface area (Å²) < 4.78 is 0. The van der Waals surface area contributed by atoms with Crippen molar-refractivity contribution in [2.75, 3.05) is 5.32 Å². The topological polar surface area (TPSA) is 95.0 Å². The zero-order chi connectivity index (χ0) is 12.3. The molecule has 0 fully saturated rings. The van der Waals surface area contributed by atoms with Gasteiger partial charge < -0.3 is 15.2 Å². The molecule has 2 unspecified atom stereocenters. The molecule has 6 nitrogen and oxygen atoms in total. The molecule has 1 amide bonds. The van der Waals surface area contributed by atoms with Crippen LogP contribution < -0.4 is 10.4 Å². The van der Waals surface area contributed by atoms with E-state index >= 15 is 0 Å². The fourth-order valence-corrected chi connectivity index (χ4v) is 2.24. The number of rotatable bonds is 3. The lowest BCUT2D eigenvalue weighted by molar-refractivity contribution is -0.313. The average Bonchev–Trinajstić information content (AvgIpc) is 2.81. The molecule has 1 aromatic heterocycles. The number of allylic oxidation sites excluding steroid dienone is 2. The van der Waals surface area contributed by atoms with E-state index in [-0.39, 0.29) is 5.91 Å². The SMILES string of the molecule is O=C([O-])C1CC=CCC1C(=O)Nc1nncs1. The summed E-state index contributed by atoms with van der Waals surface area (Å²) in [5.74, 6) is -2.91. The van der Waals surface area contributed by atoms with E-state index in [0.717, 1.165) is 0 Å². The van der Waals surface area contributed by atoms with Gasteiger partial charge in [0.15, 0.2) is 0 Å². The van der Waals surface area contributed by atoms with E-state index in [1.807, 2.05) is 6.08 Å². The molecule has 1 N–H and O–H groups in total. The summed E-state index contributed by atoms with van der Waals surface area (Å²) in [6, 6.07) is 0. The van der Waals surface area contributed by atoms with Crippen LogP contribution in [0.4, 0.5) is 5.13 Å². The van der Waals surface area contributed by atoms with E-state index in [0.29, 0.717) is 18.0 Å². The summed E-state index contributed by atoms with van der Waals surface area (Å²) in [6.07, 6.45) is 4.30. The van der Waals surface area contributed by atoms with Gasteiger partial charge in [-0.25, -0.2) is 0 Å². The second-order valence-electron chi connectivity index (χ2n) is 3.71. The molecule has 1 aliphatic rings. The maximum Gasteiger partial charge on any atom is 0.230 e. The first kappa shape index (κ1) is 11.7. The van der Waals surface area contributed by atoms with Crippen LogP contribution in [0.1, 0.15) is 12.8 Å². The number of hydrogen-bond acceptors (Lipinski definition) is 6. The standard InChI is InChI=1S/C10H11N3O3S/c14-8(12-10-13-11-5-17-10)6-3-1-2-4-7(6)9(15)16/h1-2,5-7H,3-4H2,(H,15,16)(H,12,13,14)/p-1. The molecular formula is C10H10N3O3S-. The molecule has 0 aliphatic heterocycles. The number of nitrogens with zero attached hydrogens (tertiary/aromatic N) is 2. The first-order chi connectivity index (χ1) is 8.18. The Hall–Kier alpha value is -1.76. The highest BCUT2D eigenvalue weighted by Crippen LogP contribution is 2.26. The van der Waals surface area contributed by atoms with Gasteiger partial charge in [-0.1, -0.05) is 23.5 Å². The molecule has 7 heteroatoms. The van der Waals surface area contributed by atoms with Crippen LogP contribution >= 0.6 is 11.3 Å². The Kier molecular flexibility index (Phi) is 3.48. The van der Waals surface area contributed by atoms with Gasteiger partial charge in [-0.2, -0.15) is 0 Å². The molecule has 2 atom stereocenters. The molecular weight excluding hydrogens is 242 g/mol. The van der Waals surface area contributed by atoms with Crippen LogP contribution in [-0.4, -0.2) is 22.1 Å². The number of carboxylic acid groups (broad SMARTS) is 1. The van der Waals surface area contributed by atoms with Crippen LogP contribution in [0.5, 0.6) is 0 Å². The van der Waals surface area contributed by atoms with Crippen molar-refractivity contribution in [3.05, 3.63) is 17.7 Å². The van der Waals surface area contributed by atoms with Crippen LogP contribution in [0.3, 0.4) is 0 Å². The summed E-state index contributed by atoms with van der Waals surface area (Å²) >= 11 is 1.19. The maximum absolute atomic E-state index is 11.9. The van der Waals surface area contributed by atoms with Crippen LogP contribution in [0.25, 0.3) is 0 Å². The van der Waals surface area contributed by atoms with Gasteiger partial charge in [-0.05, 0) is 12.8 Å². The fourth-order valence-electron chi connectivity index (χ4n) is 1.79. The van der Waals surface area contributed by atoms with Gasteiger partial charge in [0.1, 0.15) is 5.51 Å². The van der Waals surface area contributed by atoms with Crippen LogP contribution in [0.2, 0.25) is 0 Å². The highest BCUT2D eigenvalue weighted by molar-refractivity contribution is 7.13. The van der Waals surface area contributed by atoms with E-state index in [4.69, 9.17) is 0 Å². The highest BCUT2D eigenvalue weighted by Gasteiger charge is 2.30. The van der Waals surface area contributed by atoms with Crippen LogP contribution in [0, 0.1) is 11.8 Å². The number of amides is 1. The van der Waals surface area contributed by atoms with Gasteiger partial charge in [0.05, 0.1) is 5.92 Å². The molecule has 2 rings (SSSR count). The second kappa shape index (κ2) is 5.05. The lowest BCUT2D eigenvalue weighted by Gasteiger charge is -2.27. The van der Waals surface area contributed by atoms with Crippen LogP contribution in [0.15, 0.2) is 17.7 Å². The minimum atomic E-state index is -1.19. The number of carbonyl (C=O) groups excluding carboxylic acids is 2. The lowest BCUT2D eigenvalue weighted by Crippen LogP contribution is -2.41. The molecule has 0 bridgehead atoms. The predicted molar refractivity (Wildman–Crippen MR) is 58.9 cm³/mol. The van der Waals surface area contributed by atoms with Crippen molar-refractivity contribution < 1.29 is 14.7 Å². The molecule has 1 aromatic rings. The van der Waals surface area contributed by atoms with Crippen molar-refractivity contribution in [2.45, 2.75) is 12.8 Å². The summed E-state index contributed by atoms with van der Waals surface area (Å²) in [5, 5.41) is 21.1. The van der Waals surface area contributed by atoms with Gasteiger partial charge in [-0.15, -0.1) is 10.2 Å². The Morgan fingerprint density at radius 2 is 2.06 bits per heavy atom. The van der Waals surface area contributed by atoms with Gasteiger partial charge in [-0.3, -0.25) is 4.79 Å². The lowest BCUT2D eigenvalue weighted by atomic mass is 9.82. The van der Waals surface area contributed by atoms with E-state index in [1.165, 1.54) is 16.8 Å². The maximum atomic E-state index is 11.9. The van der Waals surface area contributed by atoms with E-state index in [9.17, 15) is 14.7 Å². The summed E-state index contributed by atoms with van der Waals surface area (Å²) in [5.41, 5.74) is 1.49. The van der Waals surface area contributed by atoms with Crippen molar-refractivity contribution in [1.82, 2.24) is 10.2 Å². The Morgan fingerprint density at radius 3 is 2.65 bits per heavy atom. The van der Waals surface area contributed by atoms with Crippen molar-refractivity contribution >= 4 is 28.3 Å². The van der Waals surface area contributed by atoms with Gasteiger partial charge >= 0.3 is 0 Å². The number of aromatic nitrogens is 2. The molecule has 0 aromatic carbocycles. The molecule has 0 saturated heterocycles. The number of aliphatic carboxylic acids is 1. The van der Waals surface area contributed by atoms with Crippen molar-refractivity contribution in [1.29, 1.82) is 0 Å². The molecule has 90 valence electrons. The second-order valence-corrected chi connectivity index (χ2v) is 4.54. The average molecular weight is 252 g/mol. The third kappa shape index (κ3) is 2.68.